The summed E-state index contributed by atoms with van der Waals surface area (Å²) in [7, 11) is 0. The molecule has 0 bridgehead atoms. The topological polar surface area (TPSA) is 71.3 Å². The first-order chi connectivity index (χ1) is 9.37. The van der Waals surface area contributed by atoms with Crippen LogP contribution in [0.4, 0.5) is 5.69 Å². The Hall–Kier alpha value is -2.22. The maximum atomic E-state index is 11.8. The molecule has 5 nitrogen and oxygen atoms in total. The minimum Gasteiger partial charge on any atom is -0.486 e. The van der Waals surface area contributed by atoms with Crippen LogP contribution in [0.5, 0.6) is 5.75 Å². The highest BCUT2D eigenvalue weighted by atomic mass is 16.6. The third kappa shape index (κ3) is 3.64. The summed E-state index contributed by atoms with van der Waals surface area (Å²) >= 11 is 0. The van der Waals surface area contributed by atoms with Crippen LogP contribution in [0.3, 0.4) is 0 Å². The fourth-order valence-electron chi connectivity index (χ4n) is 1.97. The van der Waals surface area contributed by atoms with E-state index >= 15 is 0 Å². The van der Waals surface area contributed by atoms with Crippen molar-refractivity contribution in [2.45, 2.75) is 38.9 Å². The predicted molar refractivity (Wildman–Crippen MR) is 74.5 cm³/mol. The van der Waals surface area contributed by atoms with E-state index in [1.165, 1.54) is 0 Å². The maximum absolute atomic E-state index is 11.8. The van der Waals surface area contributed by atoms with Gasteiger partial charge in [-0.15, -0.1) is 0 Å². The molecular formula is C15H18N2O3. The van der Waals surface area contributed by atoms with Crippen molar-refractivity contribution in [2.24, 2.45) is 0 Å². The Morgan fingerprint density at radius 3 is 2.95 bits per heavy atom. The van der Waals surface area contributed by atoms with Crippen LogP contribution in [0.25, 0.3) is 0 Å². The minimum atomic E-state index is -0.487. The van der Waals surface area contributed by atoms with Gasteiger partial charge in [0.25, 0.3) is 0 Å². The molecule has 20 heavy (non-hydrogen) atoms. The molecule has 0 radical (unpaired) electrons. The Balaban J connectivity index is 1.98. The summed E-state index contributed by atoms with van der Waals surface area (Å²) < 4.78 is 11.0. The number of benzene rings is 1. The number of carbonyl (C=O) groups is 1. The zero-order valence-electron chi connectivity index (χ0n) is 11.9. The molecule has 1 aliphatic rings. The number of nitrogens with zero attached hydrogens (tertiary/aromatic N) is 1. The van der Waals surface area contributed by atoms with Gasteiger partial charge >= 0.3 is 5.97 Å². The Kier molecular flexibility index (Phi) is 3.84. The molecule has 1 atom stereocenters. The molecular weight excluding hydrogens is 256 g/mol. The molecule has 1 N–H and O–H groups in total. The number of hydrogen-bond acceptors (Lipinski definition) is 5. The van der Waals surface area contributed by atoms with E-state index in [9.17, 15) is 4.79 Å². The van der Waals surface area contributed by atoms with Crippen LogP contribution >= 0.6 is 0 Å². The summed E-state index contributed by atoms with van der Waals surface area (Å²) in [6.45, 7) is 6.03. The number of nitriles is 1. The fourth-order valence-corrected chi connectivity index (χ4v) is 1.97. The first-order valence-electron chi connectivity index (χ1n) is 6.54. The summed E-state index contributed by atoms with van der Waals surface area (Å²) in [5.74, 6) is 0.380. The lowest BCUT2D eigenvalue weighted by Gasteiger charge is -2.28. The first-order valence-corrected chi connectivity index (χ1v) is 6.54. The molecule has 1 heterocycles. The lowest BCUT2D eigenvalue weighted by Crippen LogP contribution is -2.35. The molecule has 5 heteroatoms. The van der Waals surface area contributed by atoms with E-state index < -0.39 is 5.60 Å². The first kappa shape index (κ1) is 14.2. The zero-order chi connectivity index (χ0) is 14.8. The van der Waals surface area contributed by atoms with Gasteiger partial charge in [-0.05, 0) is 39.0 Å². The number of rotatable bonds is 2. The highest BCUT2D eigenvalue weighted by Gasteiger charge is 2.25. The van der Waals surface area contributed by atoms with Crippen LogP contribution in [0.2, 0.25) is 0 Å². The third-order valence-electron chi connectivity index (χ3n) is 2.74. The average Bonchev–Trinajstić information content (AvgIpc) is 2.35. The normalized spacial score (nSPS) is 17.2. The molecule has 1 aromatic rings. The predicted octanol–water partition coefficient (Wildman–Crippen LogP) is 2.46. The molecule has 0 aromatic heterocycles. The van der Waals surface area contributed by atoms with Crippen molar-refractivity contribution in [3.8, 4) is 11.8 Å². The highest BCUT2D eigenvalue weighted by molar-refractivity contribution is 5.71. The van der Waals surface area contributed by atoms with E-state index in [-0.39, 0.29) is 18.5 Å². The molecule has 0 fully saturated rings. The number of esters is 1. The van der Waals surface area contributed by atoms with Crippen LogP contribution < -0.4 is 10.1 Å². The number of anilines is 1. The van der Waals surface area contributed by atoms with Gasteiger partial charge in [0.2, 0.25) is 0 Å². The quantitative estimate of drug-likeness (QED) is 0.839. The van der Waals surface area contributed by atoms with Crippen molar-refractivity contribution in [3.05, 3.63) is 23.8 Å². The Morgan fingerprint density at radius 1 is 1.55 bits per heavy atom. The lowest BCUT2D eigenvalue weighted by atomic mass is 10.1. The SMILES string of the molecule is CC(C)(C)OC(=O)CC1CNc2cc(C#N)ccc2O1. The third-order valence-corrected chi connectivity index (χ3v) is 2.74. The molecule has 0 saturated carbocycles. The molecule has 1 unspecified atom stereocenters. The maximum Gasteiger partial charge on any atom is 0.310 e. The van der Waals surface area contributed by atoms with Crippen molar-refractivity contribution in [1.29, 1.82) is 5.26 Å². The summed E-state index contributed by atoms with van der Waals surface area (Å²) in [5, 5.41) is 12.0. The zero-order valence-corrected chi connectivity index (χ0v) is 11.9. The van der Waals surface area contributed by atoms with Crippen LogP contribution in [0.15, 0.2) is 18.2 Å². The monoisotopic (exact) mass is 274 g/mol. The Morgan fingerprint density at radius 2 is 2.30 bits per heavy atom. The van der Waals surface area contributed by atoms with Crippen LogP contribution in [0, 0.1) is 11.3 Å². The highest BCUT2D eigenvalue weighted by Crippen LogP contribution is 2.30. The fraction of sp³-hybridized carbons (Fsp3) is 0.467. The number of carbonyl (C=O) groups excluding carboxylic acids is 1. The van der Waals surface area contributed by atoms with Crippen molar-refractivity contribution in [3.63, 3.8) is 0 Å². The molecule has 0 aliphatic carbocycles. The van der Waals surface area contributed by atoms with E-state index in [2.05, 4.69) is 11.4 Å². The largest absolute Gasteiger partial charge is 0.486 e. The Bertz CT molecular complexity index is 555. The summed E-state index contributed by atoms with van der Waals surface area (Å²) in [5.41, 5.74) is 0.869. The van der Waals surface area contributed by atoms with Gasteiger partial charge in [-0.2, -0.15) is 5.26 Å². The Labute approximate surface area is 118 Å². The summed E-state index contributed by atoms with van der Waals surface area (Å²) in [6.07, 6.45) is -0.0609. The van der Waals surface area contributed by atoms with Crippen LogP contribution in [-0.4, -0.2) is 24.2 Å². The van der Waals surface area contributed by atoms with Gasteiger partial charge in [-0.25, -0.2) is 0 Å². The van der Waals surface area contributed by atoms with E-state index in [4.69, 9.17) is 14.7 Å². The van der Waals surface area contributed by atoms with Crippen LogP contribution in [-0.2, 0) is 9.53 Å². The average molecular weight is 274 g/mol. The number of hydrogen-bond donors (Lipinski definition) is 1. The number of fused-ring (bicyclic) bond motifs is 1. The van der Waals surface area contributed by atoms with Crippen LogP contribution in [0.1, 0.15) is 32.8 Å². The summed E-state index contributed by atoms with van der Waals surface area (Å²) in [4.78, 5) is 11.8. The second-order valence-corrected chi connectivity index (χ2v) is 5.73. The summed E-state index contributed by atoms with van der Waals surface area (Å²) in [6, 6.07) is 7.24. The van der Waals surface area contributed by atoms with Gasteiger partial charge in [0.05, 0.1) is 30.3 Å². The van der Waals surface area contributed by atoms with E-state index in [1.54, 1.807) is 18.2 Å². The van der Waals surface area contributed by atoms with Gasteiger partial charge in [-0.1, -0.05) is 0 Å². The molecule has 0 amide bonds. The minimum absolute atomic E-state index is 0.198. The van der Waals surface area contributed by atoms with Crippen molar-refractivity contribution >= 4 is 11.7 Å². The molecule has 106 valence electrons. The van der Waals surface area contributed by atoms with E-state index in [0.717, 1.165) is 5.69 Å². The smallest absolute Gasteiger partial charge is 0.310 e. The van der Waals surface area contributed by atoms with E-state index in [1.807, 2.05) is 20.8 Å². The van der Waals surface area contributed by atoms with Crippen molar-refractivity contribution in [1.82, 2.24) is 0 Å². The second-order valence-electron chi connectivity index (χ2n) is 5.73. The van der Waals surface area contributed by atoms with Gasteiger partial charge < -0.3 is 14.8 Å². The van der Waals surface area contributed by atoms with Gasteiger partial charge in [-0.3, -0.25) is 4.79 Å². The molecule has 0 spiro atoms. The van der Waals surface area contributed by atoms with Crippen molar-refractivity contribution in [2.75, 3.05) is 11.9 Å². The standard InChI is InChI=1S/C15H18N2O3/c1-15(2,3)20-14(18)7-11-9-17-12-6-10(8-16)4-5-13(12)19-11/h4-6,11,17H,7,9H2,1-3H3. The van der Waals surface area contributed by atoms with Gasteiger partial charge in [0, 0.05) is 0 Å². The molecule has 1 aliphatic heterocycles. The van der Waals surface area contributed by atoms with Gasteiger partial charge in [0.1, 0.15) is 17.5 Å². The molecule has 0 saturated heterocycles. The van der Waals surface area contributed by atoms with E-state index in [0.29, 0.717) is 17.9 Å². The van der Waals surface area contributed by atoms with Crippen molar-refractivity contribution < 1.29 is 14.3 Å². The molecule has 2 rings (SSSR count). The van der Waals surface area contributed by atoms with Gasteiger partial charge in [0.15, 0.2) is 0 Å². The second kappa shape index (κ2) is 5.41. The number of ether oxygens (including phenoxy) is 2. The lowest BCUT2D eigenvalue weighted by molar-refractivity contribution is -0.156. The number of nitrogens with one attached hydrogen (secondary N) is 1. The molecule has 1 aromatic carbocycles.